The summed E-state index contributed by atoms with van der Waals surface area (Å²) in [7, 11) is 0. The minimum atomic E-state index is -1.34. The molecule has 0 unspecified atom stereocenters. The number of carbonyl (C=O) groups excluding carboxylic acids is 1. The Balaban J connectivity index is 1.69. The SMILES string of the molecule is CC[C@@H](O)[C@H](OCCO)O[C@@H]1[C@@H](O)[C@H](O[C@@H]2CCC=C(CNCC3CC3)O2)[C@@H](N)C[C@H]1NC(=O)[C@H](O)CCN. The maximum absolute atomic E-state index is 12.6. The number of hydrogen-bond donors (Lipinski definition) is 8. The highest BCUT2D eigenvalue weighted by atomic mass is 16.7. The summed E-state index contributed by atoms with van der Waals surface area (Å²) in [6.45, 7) is 3.00. The molecular formula is C26H48N4O9. The summed E-state index contributed by atoms with van der Waals surface area (Å²) in [5.41, 5.74) is 11.9. The standard InChI is InChI=1S/C26H48N4O9/c1-2-19(32)26(36-11-10-31)39-24-18(30-25(35)20(33)8-9-27)12-17(28)23(22(24)34)38-21-5-3-4-16(37-21)14-29-13-15-6-7-15/h4,15,17-24,26,29,31-34H,2-3,5-14,27-28H2,1H3,(H,30,35)/t17-,18+,19+,20+,21+,22-,23+,24-,26+/m0/s1. The quantitative estimate of drug-likeness (QED) is 0.0923. The van der Waals surface area contributed by atoms with E-state index in [0.29, 0.717) is 13.0 Å². The molecule has 0 spiro atoms. The second kappa shape index (κ2) is 16.2. The van der Waals surface area contributed by atoms with Crippen molar-refractivity contribution in [2.24, 2.45) is 17.4 Å². The molecule has 0 aromatic rings. The van der Waals surface area contributed by atoms with Crippen molar-refractivity contribution < 1.29 is 44.2 Å². The summed E-state index contributed by atoms with van der Waals surface area (Å²) in [5.74, 6) is 0.849. The molecule has 13 heteroatoms. The maximum atomic E-state index is 12.6. The number of allylic oxidation sites excluding steroid dienone is 1. The van der Waals surface area contributed by atoms with Crippen LogP contribution in [-0.2, 0) is 23.7 Å². The van der Waals surface area contributed by atoms with Gasteiger partial charge in [0.2, 0.25) is 5.91 Å². The van der Waals surface area contributed by atoms with Crippen LogP contribution in [0.25, 0.3) is 0 Å². The largest absolute Gasteiger partial charge is 0.468 e. The van der Waals surface area contributed by atoms with E-state index in [4.69, 9.17) is 30.4 Å². The molecule has 0 aromatic heterocycles. The lowest BCUT2D eigenvalue weighted by Gasteiger charge is -2.45. The summed E-state index contributed by atoms with van der Waals surface area (Å²) >= 11 is 0. The minimum Gasteiger partial charge on any atom is -0.468 e. The van der Waals surface area contributed by atoms with E-state index in [1.54, 1.807) is 6.92 Å². The number of aliphatic hydroxyl groups is 4. The first-order valence-electron chi connectivity index (χ1n) is 14.2. The van der Waals surface area contributed by atoms with Crippen LogP contribution in [0, 0.1) is 5.92 Å². The Labute approximate surface area is 230 Å². The van der Waals surface area contributed by atoms with Crippen LogP contribution in [0.1, 0.15) is 51.9 Å². The summed E-state index contributed by atoms with van der Waals surface area (Å²) in [6, 6.07) is -1.52. The molecule has 2 fully saturated rings. The average molecular weight is 561 g/mol. The highest BCUT2D eigenvalue weighted by molar-refractivity contribution is 5.80. The van der Waals surface area contributed by atoms with Crippen LogP contribution in [0.2, 0.25) is 0 Å². The van der Waals surface area contributed by atoms with Crippen molar-refractivity contribution in [3.63, 3.8) is 0 Å². The molecule has 0 bridgehead atoms. The monoisotopic (exact) mass is 560 g/mol. The van der Waals surface area contributed by atoms with E-state index in [1.807, 2.05) is 6.08 Å². The number of hydrogen-bond acceptors (Lipinski definition) is 12. The molecule has 10 N–H and O–H groups in total. The van der Waals surface area contributed by atoms with E-state index in [0.717, 1.165) is 24.6 Å². The smallest absolute Gasteiger partial charge is 0.249 e. The molecule has 2 saturated carbocycles. The van der Waals surface area contributed by atoms with Crippen molar-refractivity contribution in [1.82, 2.24) is 10.6 Å². The molecule has 1 heterocycles. The third kappa shape index (κ3) is 9.88. The zero-order valence-corrected chi connectivity index (χ0v) is 22.8. The predicted molar refractivity (Wildman–Crippen MR) is 141 cm³/mol. The number of nitrogens with two attached hydrogens (primary N) is 2. The highest BCUT2D eigenvalue weighted by Gasteiger charge is 2.48. The Hall–Kier alpha value is -1.39. The van der Waals surface area contributed by atoms with Gasteiger partial charge in [-0.05, 0) is 63.6 Å². The molecule has 13 nitrogen and oxygen atoms in total. The zero-order valence-electron chi connectivity index (χ0n) is 22.8. The molecule has 3 aliphatic rings. The Bertz CT molecular complexity index is 772. The van der Waals surface area contributed by atoms with Crippen molar-refractivity contribution >= 4 is 5.91 Å². The summed E-state index contributed by atoms with van der Waals surface area (Å²) < 4.78 is 23.7. The lowest BCUT2D eigenvalue weighted by molar-refractivity contribution is -0.269. The molecular weight excluding hydrogens is 512 g/mol. The number of ether oxygens (including phenoxy) is 4. The van der Waals surface area contributed by atoms with Gasteiger partial charge in [-0.25, -0.2) is 0 Å². The van der Waals surface area contributed by atoms with Crippen molar-refractivity contribution in [1.29, 1.82) is 0 Å². The maximum Gasteiger partial charge on any atom is 0.249 e. The van der Waals surface area contributed by atoms with Gasteiger partial charge < -0.3 is 61.5 Å². The highest BCUT2D eigenvalue weighted by Crippen LogP contribution is 2.30. The zero-order chi connectivity index (χ0) is 28.4. The molecule has 3 rings (SSSR count). The Morgan fingerprint density at radius 3 is 2.69 bits per heavy atom. The van der Waals surface area contributed by atoms with Crippen LogP contribution in [0.4, 0.5) is 0 Å². The third-order valence-corrected chi connectivity index (χ3v) is 7.28. The molecule has 0 radical (unpaired) electrons. The van der Waals surface area contributed by atoms with Crippen molar-refractivity contribution in [2.75, 3.05) is 32.8 Å². The van der Waals surface area contributed by atoms with E-state index in [1.165, 1.54) is 12.8 Å². The van der Waals surface area contributed by atoms with Gasteiger partial charge in [-0.15, -0.1) is 0 Å². The lowest BCUT2D eigenvalue weighted by Crippen LogP contribution is -2.66. The van der Waals surface area contributed by atoms with Crippen molar-refractivity contribution in [3.8, 4) is 0 Å². The number of amides is 1. The van der Waals surface area contributed by atoms with Gasteiger partial charge in [0.05, 0.1) is 25.8 Å². The van der Waals surface area contributed by atoms with Gasteiger partial charge in [0, 0.05) is 12.5 Å². The molecule has 9 atom stereocenters. The first kappa shape index (κ1) is 32.1. The van der Waals surface area contributed by atoms with Crippen LogP contribution < -0.4 is 22.1 Å². The summed E-state index contributed by atoms with van der Waals surface area (Å²) in [5, 5.41) is 47.3. The Kier molecular flexibility index (Phi) is 13.3. The fraction of sp³-hybridized carbons (Fsp3) is 0.885. The molecule has 2 aliphatic carbocycles. The fourth-order valence-corrected chi connectivity index (χ4v) is 4.83. The van der Waals surface area contributed by atoms with Gasteiger partial charge in [-0.2, -0.15) is 0 Å². The van der Waals surface area contributed by atoms with E-state index in [2.05, 4.69) is 10.6 Å². The normalized spacial score (nSPS) is 31.6. The summed E-state index contributed by atoms with van der Waals surface area (Å²) in [4.78, 5) is 12.6. The lowest BCUT2D eigenvalue weighted by atomic mass is 9.83. The first-order chi connectivity index (χ1) is 18.8. The molecule has 0 saturated heterocycles. The topological polar surface area (TPSA) is 211 Å². The number of aliphatic hydroxyl groups excluding tert-OH is 4. The van der Waals surface area contributed by atoms with Gasteiger partial charge in [0.25, 0.3) is 0 Å². The van der Waals surface area contributed by atoms with Crippen molar-refractivity contribution in [2.45, 2.75) is 107 Å². The van der Waals surface area contributed by atoms with Crippen molar-refractivity contribution in [3.05, 3.63) is 11.8 Å². The summed E-state index contributed by atoms with van der Waals surface area (Å²) in [6.07, 6.45) is -1.19. The van der Waals surface area contributed by atoms with E-state index in [9.17, 15) is 25.2 Å². The Morgan fingerprint density at radius 1 is 1.26 bits per heavy atom. The van der Waals surface area contributed by atoms with Gasteiger partial charge in [0.15, 0.2) is 12.6 Å². The number of rotatable bonds is 17. The average Bonchev–Trinajstić information content (AvgIpc) is 3.75. The molecule has 1 aliphatic heterocycles. The number of carbonyl (C=O) groups is 1. The van der Waals surface area contributed by atoms with E-state index < -0.39 is 61.1 Å². The van der Waals surface area contributed by atoms with E-state index >= 15 is 0 Å². The third-order valence-electron chi connectivity index (χ3n) is 7.28. The second-order valence-electron chi connectivity index (χ2n) is 10.6. The predicted octanol–water partition coefficient (Wildman–Crippen LogP) is -1.83. The first-order valence-corrected chi connectivity index (χ1v) is 14.2. The molecule has 1 amide bonds. The van der Waals surface area contributed by atoms with E-state index in [-0.39, 0.29) is 39.0 Å². The van der Waals surface area contributed by atoms with Gasteiger partial charge in [-0.3, -0.25) is 4.79 Å². The van der Waals surface area contributed by atoms with Crippen LogP contribution in [0.15, 0.2) is 11.8 Å². The minimum absolute atomic E-state index is 0.0611. The van der Waals surface area contributed by atoms with Crippen LogP contribution in [0.3, 0.4) is 0 Å². The second-order valence-corrected chi connectivity index (χ2v) is 10.6. The molecule has 39 heavy (non-hydrogen) atoms. The van der Waals surface area contributed by atoms with Gasteiger partial charge in [-0.1, -0.05) is 6.92 Å². The van der Waals surface area contributed by atoms with Gasteiger partial charge >= 0.3 is 0 Å². The fourth-order valence-electron chi connectivity index (χ4n) is 4.83. The van der Waals surface area contributed by atoms with Crippen LogP contribution in [-0.4, -0.2) is 114 Å². The van der Waals surface area contributed by atoms with Crippen LogP contribution in [0.5, 0.6) is 0 Å². The molecule has 226 valence electrons. The number of nitrogens with one attached hydrogen (secondary N) is 2. The molecule has 0 aromatic carbocycles. The van der Waals surface area contributed by atoms with Gasteiger partial charge in [0.1, 0.15) is 36.3 Å². The van der Waals surface area contributed by atoms with Crippen LogP contribution >= 0.6 is 0 Å². The Morgan fingerprint density at radius 2 is 2.03 bits per heavy atom.